The highest BCUT2D eigenvalue weighted by Crippen LogP contribution is 2.31. The molecular formula is C19H17F4N5O2. The number of tetrazole rings is 1. The van der Waals surface area contributed by atoms with E-state index in [9.17, 15) is 22.4 Å². The Morgan fingerprint density at radius 1 is 1.20 bits per heavy atom. The second kappa shape index (κ2) is 8.47. The van der Waals surface area contributed by atoms with Gasteiger partial charge in [-0.3, -0.25) is 4.79 Å². The van der Waals surface area contributed by atoms with Crippen LogP contribution in [0.4, 0.5) is 17.6 Å². The van der Waals surface area contributed by atoms with Crippen LogP contribution in [-0.4, -0.2) is 45.2 Å². The maximum absolute atomic E-state index is 13.8. The summed E-state index contributed by atoms with van der Waals surface area (Å²) in [7, 11) is 2.88. The number of hydrogen-bond donors (Lipinski definition) is 0. The summed E-state index contributed by atoms with van der Waals surface area (Å²) in [5, 5.41) is 11.4. The number of halogens is 4. The predicted octanol–water partition coefficient (Wildman–Crippen LogP) is 3.17. The van der Waals surface area contributed by atoms with E-state index < -0.39 is 17.6 Å². The van der Waals surface area contributed by atoms with Gasteiger partial charge in [0.05, 0.1) is 12.7 Å². The van der Waals surface area contributed by atoms with Crippen molar-refractivity contribution in [3.8, 4) is 17.1 Å². The Labute approximate surface area is 168 Å². The topological polar surface area (TPSA) is 73.1 Å². The van der Waals surface area contributed by atoms with Gasteiger partial charge in [-0.05, 0) is 35.0 Å². The van der Waals surface area contributed by atoms with Crippen LogP contribution in [-0.2, 0) is 24.1 Å². The van der Waals surface area contributed by atoms with E-state index in [0.717, 1.165) is 16.9 Å². The number of nitrogens with zero attached hydrogens (tertiary/aromatic N) is 5. The Morgan fingerprint density at radius 3 is 2.63 bits per heavy atom. The summed E-state index contributed by atoms with van der Waals surface area (Å²) in [6.45, 7) is -0.143. The summed E-state index contributed by atoms with van der Waals surface area (Å²) < 4.78 is 57.2. The number of rotatable bonds is 6. The number of amides is 1. The summed E-state index contributed by atoms with van der Waals surface area (Å²) in [5.41, 5.74) is -0.148. The Balaban J connectivity index is 1.67. The molecule has 1 aromatic heterocycles. The quantitative estimate of drug-likeness (QED) is 0.570. The molecule has 0 bridgehead atoms. The molecule has 0 unspecified atom stereocenters. The molecule has 3 rings (SSSR count). The lowest BCUT2D eigenvalue weighted by Crippen LogP contribution is -2.30. The molecule has 0 spiro atoms. The van der Waals surface area contributed by atoms with E-state index in [2.05, 4.69) is 15.4 Å². The number of alkyl halides is 3. The molecule has 11 heteroatoms. The molecule has 0 atom stereocenters. The van der Waals surface area contributed by atoms with Crippen molar-refractivity contribution >= 4 is 5.91 Å². The summed E-state index contributed by atoms with van der Waals surface area (Å²) in [5.74, 6) is -0.866. The highest BCUT2D eigenvalue weighted by Gasteiger charge is 2.30. The molecule has 1 heterocycles. The van der Waals surface area contributed by atoms with Crippen molar-refractivity contribution in [3.05, 3.63) is 59.4 Å². The van der Waals surface area contributed by atoms with Gasteiger partial charge in [0.15, 0.2) is 11.6 Å². The Kier molecular flexibility index (Phi) is 5.99. The zero-order valence-corrected chi connectivity index (χ0v) is 16.0. The predicted molar refractivity (Wildman–Crippen MR) is 97.7 cm³/mol. The van der Waals surface area contributed by atoms with Gasteiger partial charge in [-0.15, -0.1) is 10.2 Å². The van der Waals surface area contributed by atoms with E-state index in [4.69, 9.17) is 4.74 Å². The first-order chi connectivity index (χ1) is 14.2. The van der Waals surface area contributed by atoms with Gasteiger partial charge < -0.3 is 9.64 Å². The van der Waals surface area contributed by atoms with Crippen molar-refractivity contribution in [3.63, 3.8) is 0 Å². The number of benzene rings is 2. The SMILES string of the molecule is COc1ccc(CN(C)C(=O)Cn2nnc(-c3cccc(C(F)(F)F)c3)n2)cc1F. The lowest BCUT2D eigenvalue weighted by Gasteiger charge is -2.17. The van der Waals surface area contributed by atoms with Crippen LogP contribution in [0.1, 0.15) is 11.1 Å². The number of carbonyl (C=O) groups excluding carboxylic acids is 1. The average Bonchev–Trinajstić information content (AvgIpc) is 3.16. The first-order valence-corrected chi connectivity index (χ1v) is 8.69. The minimum absolute atomic E-state index is 0.0335. The van der Waals surface area contributed by atoms with Crippen molar-refractivity contribution < 1.29 is 27.1 Å². The molecule has 7 nitrogen and oxygen atoms in total. The Bertz CT molecular complexity index is 1050. The molecule has 2 aromatic carbocycles. The molecule has 30 heavy (non-hydrogen) atoms. The van der Waals surface area contributed by atoms with E-state index >= 15 is 0 Å². The monoisotopic (exact) mass is 423 g/mol. The van der Waals surface area contributed by atoms with Crippen LogP contribution in [0.25, 0.3) is 11.4 Å². The lowest BCUT2D eigenvalue weighted by molar-refractivity contribution is -0.137. The number of hydrogen-bond acceptors (Lipinski definition) is 5. The zero-order valence-electron chi connectivity index (χ0n) is 16.0. The summed E-state index contributed by atoms with van der Waals surface area (Å²) in [6, 6.07) is 8.87. The molecule has 158 valence electrons. The maximum atomic E-state index is 13.8. The van der Waals surface area contributed by atoms with E-state index in [-0.39, 0.29) is 36.1 Å². The zero-order chi connectivity index (χ0) is 21.9. The van der Waals surface area contributed by atoms with E-state index in [0.29, 0.717) is 5.56 Å². The third-order valence-corrected chi connectivity index (χ3v) is 4.24. The molecule has 0 aliphatic heterocycles. The first-order valence-electron chi connectivity index (χ1n) is 8.69. The van der Waals surface area contributed by atoms with Gasteiger partial charge in [-0.1, -0.05) is 18.2 Å². The average molecular weight is 423 g/mol. The number of ether oxygens (including phenoxy) is 1. The molecule has 0 saturated heterocycles. The third-order valence-electron chi connectivity index (χ3n) is 4.24. The molecular weight excluding hydrogens is 406 g/mol. The minimum atomic E-state index is -4.49. The smallest absolute Gasteiger partial charge is 0.416 e. The van der Waals surface area contributed by atoms with Gasteiger partial charge in [0.25, 0.3) is 0 Å². The van der Waals surface area contributed by atoms with Gasteiger partial charge in [0, 0.05) is 19.2 Å². The minimum Gasteiger partial charge on any atom is -0.494 e. The molecule has 0 N–H and O–H groups in total. The normalized spacial score (nSPS) is 11.4. The molecule has 0 radical (unpaired) electrons. The number of aromatic nitrogens is 4. The van der Waals surface area contributed by atoms with E-state index in [1.165, 1.54) is 43.3 Å². The standard InChI is InChI=1S/C19H17F4N5O2/c1-27(10-12-6-7-16(30-2)15(20)8-12)17(29)11-28-25-18(24-26-28)13-4-3-5-14(9-13)19(21,22)23/h3-9H,10-11H2,1-2H3. The maximum Gasteiger partial charge on any atom is 0.416 e. The fourth-order valence-electron chi connectivity index (χ4n) is 2.67. The third kappa shape index (κ3) is 4.91. The fourth-order valence-corrected chi connectivity index (χ4v) is 2.67. The summed E-state index contributed by atoms with van der Waals surface area (Å²) in [6.07, 6.45) is -4.49. The molecule has 0 fully saturated rings. The van der Waals surface area contributed by atoms with Crippen molar-refractivity contribution in [2.45, 2.75) is 19.3 Å². The summed E-state index contributed by atoms with van der Waals surface area (Å²) >= 11 is 0. The van der Waals surface area contributed by atoms with Crippen LogP contribution in [0, 0.1) is 5.82 Å². The van der Waals surface area contributed by atoms with Crippen LogP contribution in [0.5, 0.6) is 5.75 Å². The number of methoxy groups -OCH3 is 1. The second-order valence-corrected chi connectivity index (χ2v) is 6.44. The molecule has 0 saturated carbocycles. The van der Waals surface area contributed by atoms with Crippen LogP contribution >= 0.6 is 0 Å². The van der Waals surface area contributed by atoms with E-state index in [1.807, 2.05) is 0 Å². The van der Waals surface area contributed by atoms with Crippen molar-refractivity contribution in [1.82, 2.24) is 25.1 Å². The van der Waals surface area contributed by atoms with Gasteiger partial charge in [0.1, 0.15) is 6.54 Å². The number of carbonyl (C=O) groups is 1. The highest BCUT2D eigenvalue weighted by molar-refractivity contribution is 5.75. The number of likely N-dealkylation sites (N-methyl/N-ethyl adjacent to an activating group) is 1. The molecule has 1 amide bonds. The van der Waals surface area contributed by atoms with Crippen LogP contribution in [0.15, 0.2) is 42.5 Å². The van der Waals surface area contributed by atoms with Crippen LogP contribution < -0.4 is 4.74 Å². The molecule has 3 aromatic rings. The Morgan fingerprint density at radius 2 is 1.97 bits per heavy atom. The van der Waals surface area contributed by atoms with Gasteiger partial charge in [-0.2, -0.15) is 18.0 Å². The fraction of sp³-hybridized carbons (Fsp3) is 0.263. The van der Waals surface area contributed by atoms with Crippen LogP contribution in [0.3, 0.4) is 0 Å². The van der Waals surface area contributed by atoms with Crippen LogP contribution in [0.2, 0.25) is 0 Å². The second-order valence-electron chi connectivity index (χ2n) is 6.44. The lowest BCUT2D eigenvalue weighted by atomic mass is 10.1. The van der Waals surface area contributed by atoms with Crippen molar-refractivity contribution in [1.29, 1.82) is 0 Å². The Hall–Kier alpha value is -3.50. The highest BCUT2D eigenvalue weighted by atomic mass is 19.4. The van der Waals surface area contributed by atoms with Gasteiger partial charge in [0.2, 0.25) is 11.7 Å². The largest absolute Gasteiger partial charge is 0.494 e. The van der Waals surface area contributed by atoms with E-state index in [1.54, 1.807) is 6.07 Å². The first kappa shape index (κ1) is 21.2. The van der Waals surface area contributed by atoms with Gasteiger partial charge in [-0.25, -0.2) is 4.39 Å². The molecule has 0 aliphatic carbocycles. The van der Waals surface area contributed by atoms with Crippen molar-refractivity contribution in [2.75, 3.05) is 14.2 Å². The van der Waals surface area contributed by atoms with Gasteiger partial charge >= 0.3 is 6.18 Å². The molecule has 0 aliphatic rings. The van der Waals surface area contributed by atoms with Crippen molar-refractivity contribution in [2.24, 2.45) is 0 Å². The summed E-state index contributed by atoms with van der Waals surface area (Å²) in [4.78, 5) is 14.7.